The lowest BCUT2D eigenvalue weighted by Crippen LogP contribution is -2.46. The molecule has 1 rings (SSSR count). The highest BCUT2D eigenvalue weighted by molar-refractivity contribution is 14.0. The molecule has 148 valence electrons. The second kappa shape index (κ2) is 13.6. The number of hydrogen-bond acceptors (Lipinski definition) is 3. The fraction of sp³-hybridized carbons (Fsp3) is 0.889. The Morgan fingerprint density at radius 1 is 1.32 bits per heavy atom. The number of carbonyl (C=O) groups is 1. The number of guanidine groups is 1. The summed E-state index contributed by atoms with van der Waals surface area (Å²) in [5.41, 5.74) is 0. The predicted molar refractivity (Wildman–Crippen MR) is 117 cm³/mol. The van der Waals surface area contributed by atoms with Crippen LogP contribution in [0.3, 0.4) is 0 Å². The lowest BCUT2D eigenvalue weighted by molar-refractivity contribution is -0.121. The molecular formula is C18H38IN5O. The molecule has 0 aromatic heterocycles. The van der Waals surface area contributed by atoms with Crippen molar-refractivity contribution in [3.8, 4) is 0 Å². The lowest BCUT2D eigenvalue weighted by atomic mass is 9.93. The molecule has 0 radical (unpaired) electrons. The number of rotatable bonds is 8. The van der Waals surface area contributed by atoms with Crippen molar-refractivity contribution in [2.75, 3.05) is 46.8 Å². The molecule has 1 heterocycles. The number of piperidine rings is 1. The van der Waals surface area contributed by atoms with Gasteiger partial charge in [-0.15, -0.1) is 24.0 Å². The maximum Gasteiger partial charge on any atom is 0.220 e. The van der Waals surface area contributed by atoms with Gasteiger partial charge >= 0.3 is 0 Å². The zero-order chi connectivity index (χ0) is 17.9. The van der Waals surface area contributed by atoms with Gasteiger partial charge in [-0.2, -0.15) is 0 Å². The van der Waals surface area contributed by atoms with Crippen LogP contribution in [-0.2, 0) is 4.79 Å². The first-order valence-corrected chi connectivity index (χ1v) is 9.45. The van der Waals surface area contributed by atoms with E-state index in [0.717, 1.165) is 51.5 Å². The first-order chi connectivity index (χ1) is 11.5. The van der Waals surface area contributed by atoms with Crippen molar-refractivity contribution in [3.63, 3.8) is 0 Å². The van der Waals surface area contributed by atoms with E-state index in [-0.39, 0.29) is 29.9 Å². The van der Waals surface area contributed by atoms with E-state index in [1.807, 2.05) is 0 Å². The number of hydrogen-bond donors (Lipinski definition) is 2. The van der Waals surface area contributed by atoms with Crippen LogP contribution in [0.4, 0.5) is 0 Å². The molecule has 1 atom stereocenters. The van der Waals surface area contributed by atoms with Gasteiger partial charge in [0.1, 0.15) is 0 Å². The van der Waals surface area contributed by atoms with Crippen molar-refractivity contribution < 1.29 is 4.79 Å². The number of likely N-dealkylation sites (tertiary alicyclic amines) is 1. The van der Waals surface area contributed by atoms with Crippen LogP contribution in [0.1, 0.15) is 46.5 Å². The Balaban J connectivity index is 0.00000576. The normalized spacial score (nSPS) is 17.2. The highest BCUT2D eigenvalue weighted by Gasteiger charge is 2.23. The van der Waals surface area contributed by atoms with Gasteiger partial charge in [-0.05, 0) is 46.1 Å². The van der Waals surface area contributed by atoms with Crippen LogP contribution in [0.5, 0.6) is 0 Å². The van der Waals surface area contributed by atoms with Gasteiger partial charge in [-0.3, -0.25) is 9.79 Å². The number of aliphatic imine (C=N–C) groups is 1. The van der Waals surface area contributed by atoms with E-state index in [9.17, 15) is 4.79 Å². The van der Waals surface area contributed by atoms with Gasteiger partial charge < -0.3 is 20.4 Å². The summed E-state index contributed by atoms with van der Waals surface area (Å²) in [7, 11) is 3.88. The van der Waals surface area contributed by atoms with Gasteiger partial charge in [0.25, 0.3) is 0 Å². The molecule has 7 heteroatoms. The van der Waals surface area contributed by atoms with Crippen LogP contribution in [0.2, 0.25) is 0 Å². The third-order valence-electron chi connectivity index (χ3n) is 5.06. The number of amides is 1. The Labute approximate surface area is 171 Å². The number of carbonyl (C=O) groups excluding carboxylic acids is 1. The fourth-order valence-electron chi connectivity index (χ4n) is 2.98. The van der Waals surface area contributed by atoms with Crippen LogP contribution in [0.15, 0.2) is 4.99 Å². The molecule has 1 aliphatic rings. The first kappa shape index (κ1) is 24.4. The highest BCUT2D eigenvalue weighted by atomic mass is 127. The summed E-state index contributed by atoms with van der Waals surface area (Å²) < 4.78 is 0. The zero-order valence-electron chi connectivity index (χ0n) is 16.7. The van der Waals surface area contributed by atoms with Gasteiger partial charge in [0.05, 0.1) is 6.54 Å². The number of nitrogens with zero attached hydrogens (tertiary/aromatic N) is 3. The molecule has 0 aromatic rings. The summed E-state index contributed by atoms with van der Waals surface area (Å²) in [5, 5.41) is 6.14. The van der Waals surface area contributed by atoms with Crippen molar-refractivity contribution in [2.24, 2.45) is 10.9 Å². The summed E-state index contributed by atoms with van der Waals surface area (Å²) in [6.45, 7) is 11.2. The summed E-state index contributed by atoms with van der Waals surface area (Å²) >= 11 is 0. The Kier molecular flexibility index (Phi) is 13.3. The van der Waals surface area contributed by atoms with E-state index in [1.165, 1.54) is 6.42 Å². The summed E-state index contributed by atoms with van der Waals surface area (Å²) in [6.07, 6.45) is 3.94. The van der Waals surface area contributed by atoms with E-state index < -0.39 is 0 Å². The molecule has 0 aliphatic carbocycles. The third-order valence-corrected chi connectivity index (χ3v) is 5.06. The van der Waals surface area contributed by atoms with Crippen LogP contribution < -0.4 is 10.6 Å². The van der Waals surface area contributed by atoms with Gasteiger partial charge in [0, 0.05) is 45.7 Å². The van der Waals surface area contributed by atoms with Crippen molar-refractivity contribution in [2.45, 2.75) is 52.5 Å². The third kappa shape index (κ3) is 9.08. The Hall–Kier alpha value is -0.570. The molecule has 1 aliphatic heterocycles. The van der Waals surface area contributed by atoms with Gasteiger partial charge in [0.15, 0.2) is 5.96 Å². The molecule has 25 heavy (non-hydrogen) atoms. The van der Waals surface area contributed by atoms with Crippen LogP contribution in [0.25, 0.3) is 0 Å². The minimum Gasteiger partial charge on any atom is -0.359 e. The Bertz CT molecular complexity index is 397. The fourth-order valence-corrected chi connectivity index (χ4v) is 2.98. The van der Waals surface area contributed by atoms with Gasteiger partial charge in [-0.25, -0.2) is 0 Å². The molecule has 6 nitrogen and oxygen atoms in total. The average molecular weight is 467 g/mol. The molecule has 1 saturated heterocycles. The molecular weight excluding hydrogens is 429 g/mol. The summed E-state index contributed by atoms with van der Waals surface area (Å²) in [5.74, 6) is 1.68. The molecule has 0 spiro atoms. The van der Waals surface area contributed by atoms with Crippen molar-refractivity contribution in [1.29, 1.82) is 0 Å². The van der Waals surface area contributed by atoms with E-state index in [4.69, 9.17) is 4.99 Å². The second-order valence-corrected chi connectivity index (χ2v) is 6.78. The van der Waals surface area contributed by atoms with E-state index in [0.29, 0.717) is 18.4 Å². The minimum absolute atomic E-state index is 0. The standard InChI is InChI=1S/C18H37N5O.HI/c1-6-15(3)22(5)13-10-21-18(20-7-2)23-11-8-16(9-12-23)14-17(24)19-4;/h15-16H,6-14H2,1-5H3,(H,19,24)(H,20,21);1H. The van der Waals surface area contributed by atoms with Crippen molar-refractivity contribution in [1.82, 2.24) is 20.4 Å². The van der Waals surface area contributed by atoms with Crippen molar-refractivity contribution in [3.05, 3.63) is 0 Å². The number of nitrogens with one attached hydrogen (secondary N) is 2. The maximum atomic E-state index is 11.5. The number of likely N-dealkylation sites (N-methyl/N-ethyl adjacent to an activating group) is 1. The first-order valence-electron chi connectivity index (χ1n) is 9.45. The highest BCUT2D eigenvalue weighted by Crippen LogP contribution is 2.20. The molecule has 1 fully saturated rings. The smallest absolute Gasteiger partial charge is 0.220 e. The predicted octanol–water partition coefficient (Wildman–Crippen LogP) is 2.15. The molecule has 2 N–H and O–H groups in total. The van der Waals surface area contributed by atoms with Crippen molar-refractivity contribution >= 4 is 35.8 Å². The topological polar surface area (TPSA) is 60.0 Å². The van der Waals surface area contributed by atoms with E-state index in [2.05, 4.69) is 48.3 Å². The quantitative estimate of drug-likeness (QED) is 0.326. The lowest BCUT2D eigenvalue weighted by Gasteiger charge is -2.34. The van der Waals surface area contributed by atoms with E-state index >= 15 is 0 Å². The van der Waals surface area contributed by atoms with Gasteiger partial charge in [-0.1, -0.05) is 6.92 Å². The second-order valence-electron chi connectivity index (χ2n) is 6.78. The van der Waals surface area contributed by atoms with E-state index in [1.54, 1.807) is 7.05 Å². The number of halogens is 1. The molecule has 0 saturated carbocycles. The molecule has 0 bridgehead atoms. The van der Waals surface area contributed by atoms with Crippen LogP contribution in [0, 0.1) is 5.92 Å². The Morgan fingerprint density at radius 2 is 1.96 bits per heavy atom. The monoisotopic (exact) mass is 467 g/mol. The molecule has 0 aromatic carbocycles. The van der Waals surface area contributed by atoms with Crippen LogP contribution >= 0.6 is 24.0 Å². The largest absolute Gasteiger partial charge is 0.359 e. The SMILES string of the molecule is CCNC(=NCCN(C)C(C)CC)N1CCC(CC(=O)NC)CC1.I. The van der Waals surface area contributed by atoms with Crippen LogP contribution in [-0.4, -0.2) is 74.5 Å². The Morgan fingerprint density at radius 3 is 2.48 bits per heavy atom. The minimum atomic E-state index is 0. The van der Waals surface area contributed by atoms with Gasteiger partial charge in [0.2, 0.25) is 5.91 Å². The summed E-state index contributed by atoms with van der Waals surface area (Å²) in [6, 6.07) is 0.600. The zero-order valence-corrected chi connectivity index (χ0v) is 19.0. The summed E-state index contributed by atoms with van der Waals surface area (Å²) in [4.78, 5) is 21.0. The molecule has 1 amide bonds. The molecule has 1 unspecified atom stereocenters. The maximum absolute atomic E-state index is 11.5. The average Bonchev–Trinajstić information content (AvgIpc) is 2.60.